The Morgan fingerprint density at radius 3 is 3.00 bits per heavy atom. The average Bonchev–Trinajstić information content (AvgIpc) is 2.75. The first-order valence-electron chi connectivity index (χ1n) is 5.05. The van der Waals surface area contributed by atoms with Crippen molar-refractivity contribution in [3.05, 3.63) is 24.2 Å². The number of hydrogen-bond acceptors (Lipinski definition) is 3. The molecule has 1 aromatic heterocycles. The molecule has 76 valence electrons. The van der Waals surface area contributed by atoms with E-state index in [0.29, 0.717) is 12.2 Å². The quantitative estimate of drug-likeness (QED) is 0.791. The molecule has 3 nitrogen and oxygen atoms in total. The van der Waals surface area contributed by atoms with Crippen LogP contribution in [0.2, 0.25) is 0 Å². The van der Waals surface area contributed by atoms with E-state index >= 15 is 0 Å². The molecule has 0 radical (unpaired) electrons. The average molecular weight is 193 g/mol. The summed E-state index contributed by atoms with van der Waals surface area (Å²) in [6.07, 6.45) is 6.53. The molecule has 0 aromatic carbocycles. The highest BCUT2D eigenvalue weighted by Gasteiger charge is 2.27. The molecule has 0 spiro atoms. The Morgan fingerprint density at radius 2 is 2.43 bits per heavy atom. The van der Waals surface area contributed by atoms with Crippen LogP contribution < -0.4 is 5.73 Å². The van der Waals surface area contributed by atoms with E-state index in [-0.39, 0.29) is 12.0 Å². The Labute approximate surface area is 83.3 Å². The van der Waals surface area contributed by atoms with E-state index in [1.165, 1.54) is 0 Å². The number of furan rings is 1. The second-order valence-electron chi connectivity index (χ2n) is 4.04. The molecule has 2 N–H and O–H groups in total. The van der Waals surface area contributed by atoms with E-state index in [0.717, 1.165) is 24.8 Å². The maximum absolute atomic E-state index is 11.8. The summed E-state index contributed by atoms with van der Waals surface area (Å²) >= 11 is 0. The zero-order chi connectivity index (χ0) is 9.97. The molecule has 2 atom stereocenters. The highest BCUT2D eigenvalue weighted by Crippen LogP contribution is 2.26. The van der Waals surface area contributed by atoms with Crippen molar-refractivity contribution in [2.24, 2.45) is 11.7 Å². The molecule has 2 unspecified atom stereocenters. The van der Waals surface area contributed by atoms with Gasteiger partial charge in [0.2, 0.25) is 0 Å². The van der Waals surface area contributed by atoms with Crippen molar-refractivity contribution in [2.45, 2.75) is 31.7 Å². The smallest absolute Gasteiger partial charge is 0.140 e. The van der Waals surface area contributed by atoms with Gasteiger partial charge in [-0.05, 0) is 30.9 Å². The molecule has 1 aliphatic rings. The van der Waals surface area contributed by atoms with Crippen LogP contribution in [0, 0.1) is 5.92 Å². The fourth-order valence-electron chi connectivity index (χ4n) is 2.05. The van der Waals surface area contributed by atoms with E-state index in [1.807, 2.05) is 6.07 Å². The van der Waals surface area contributed by atoms with Crippen molar-refractivity contribution in [3.63, 3.8) is 0 Å². The Kier molecular flexibility index (Phi) is 2.68. The zero-order valence-electron chi connectivity index (χ0n) is 8.11. The van der Waals surface area contributed by atoms with Crippen LogP contribution in [-0.2, 0) is 11.2 Å². The molecule has 1 aliphatic carbocycles. The van der Waals surface area contributed by atoms with Crippen molar-refractivity contribution in [1.82, 2.24) is 0 Å². The van der Waals surface area contributed by atoms with E-state index in [9.17, 15) is 4.79 Å². The summed E-state index contributed by atoms with van der Waals surface area (Å²) in [6, 6.07) is 2.07. The molecule has 2 rings (SSSR count). The maximum Gasteiger partial charge on any atom is 0.140 e. The summed E-state index contributed by atoms with van der Waals surface area (Å²) in [5.41, 5.74) is 6.73. The molecule has 0 bridgehead atoms. The molecule has 1 saturated carbocycles. The van der Waals surface area contributed by atoms with Gasteiger partial charge in [-0.2, -0.15) is 0 Å². The molecular formula is C11H15NO2. The number of rotatable bonds is 3. The predicted octanol–water partition coefficient (Wildman–Crippen LogP) is 1.52. The maximum atomic E-state index is 11.8. The summed E-state index contributed by atoms with van der Waals surface area (Å²) in [5, 5.41) is 0. The van der Waals surface area contributed by atoms with Crippen LogP contribution in [-0.4, -0.2) is 11.8 Å². The Bertz CT molecular complexity index is 305. The van der Waals surface area contributed by atoms with Crippen LogP contribution >= 0.6 is 0 Å². The third kappa shape index (κ3) is 2.04. The molecule has 3 heteroatoms. The van der Waals surface area contributed by atoms with Crippen LogP contribution in [0.15, 0.2) is 23.0 Å². The highest BCUT2D eigenvalue weighted by atomic mass is 16.3. The summed E-state index contributed by atoms with van der Waals surface area (Å²) in [7, 11) is 0. The van der Waals surface area contributed by atoms with Crippen LogP contribution in [0.5, 0.6) is 0 Å². The van der Waals surface area contributed by atoms with Gasteiger partial charge in [0.05, 0.1) is 12.5 Å². The molecular weight excluding hydrogens is 178 g/mol. The molecule has 0 amide bonds. The monoisotopic (exact) mass is 193 g/mol. The van der Waals surface area contributed by atoms with Crippen molar-refractivity contribution in [1.29, 1.82) is 0 Å². The normalized spacial score (nSPS) is 26.6. The van der Waals surface area contributed by atoms with E-state index in [4.69, 9.17) is 10.2 Å². The molecule has 0 saturated heterocycles. The van der Waals surface area contributed by atoms with Crippen LogP contribution in [0.4, 0.5) is 0 Å². The first-order valence-corrected chi connectivity index (χ1v) is 5.05. The minimum Gasteiger partial charge on any atom is -0.472 e. The van der Waals surface area contributed by atoms with Crippen LogP contribution in [0.25, 0.3) is 0 Å². The highest BCUT2D eigenvalue weighted by molar-refractivity contribution is 5.83. The lowest BCUT2D eigenvalue weighted by molar-refractivity contribution is -0.122. The van der Waals surface area contributed by atoms with Gasteiger partial charge >= 0.3 is 0 Å². The van der Waals surface area contributed by atoms with Gasteiger partial charge in [-0.15, -0.1) is 0 Å². The molecule has 14 heavy (non-hydrogen) atoms. The van der Waals surface area contributed by atoms with Crippen molar-refractivity contribution in [2.75, 3.05) is 0 Å². The molecule has 1 aromatic rings. The topological polar surface area (TPSA) is 56.2 Å². The van der Waals surface area contributed by atoms with Gasteiger partial charge in [-0.25, -0.2) is 0 Å². The molecule has 0 aliphatic heterocycles. The van der Waals surface area contributed by atoms with Crippen molar-refractivity contribution in [3.8, 4) is 0 Å². The van der Waals surface area contributed by atoms with Gasteiger partial charge in [0.1, 0.15) is 5.78 Å². The summed E-state index contributed by atoms with van der Waals surface area (Å²) < 4.78 is 4.92. The van der Waals surface area contributed by atoms with Crippen LogP contribution in [0.3, 0.4) is 0 Å². The van der Waals surface area contributed by atoms with Crippen molar-refractivity contribution >= 4 is 5.78 Å². The van der Waals surface area contributed by atoms with Gasteiger partial charge in [-0.3, -0.25) is 4.79 Å². The fraction of sp³-hybridized carbons (Fsp3) is 0.545. The number of carbonyl (C=O) groups excluding carboxylic acids is 1. The SMILES string of the molecule is NC1CCC(C(=O)Cc2ccoc2)C1. The number of carbonyl (C=O) groups is 1. The number of nitrogens with two attached hydrogens (primary N) is 1. The number of Topliss-reactive ketones (excluding diaryl/α,β-unsaturated/α-hetero) is 1. The second-order valence-corrected chi connectivity index (χ2v) is 4.04. The third-order valence-corrected chi connectivity index (χ3v) is 2.89. The number of hydrogen-bond donors (Lipinski definition) is 1. The summed E-state index contributed by atoms with van der Waals surface area (Å²) in [6.45, 7) is 0. The second kappa shape index (κ2) is 3.96. The van der Waals surface area contributed by atoms with Gasteiger partial charge < -0.3 is 10.2 Å². The summed E-state index contributed by atoms with van der Waals surface area (Å²) in [4.78, 5) is 11.8. The van der Waals surface area contributed by atoms with Gasteiger partial charge in [0, 0.05) is 18.4 Å². The molecule has 1 fully saturated rings. The minimum atomic E-state index is 0.180. The van der Waals surface area contributed by atoms with Gasteiger partial charge in [-0.1, -0.05) is 0 Å². The van der Waals surface area contributed by atoms with E-state index in [2.05, 4.69) is 0 Å². The Hall–Kier alpha value is -1.09. The number of ketones is 1. The Morgan fingerprint density at radius 1 is 1.57 bits per heavy atom. The fourth-order valence-corrected chi connectivity index (χ4v) is 2.05. The third-order valence-electron chi connectivity index (χ3n) is 2.89. The first kappa shape index (κ1) is 9.46. The Balaban J connectivity index is 1.90. The van der Waals surface area contributed by atoms with Crippen LogP contribution in [0.1, 0.15) is 24.8 Å². The van der Waals surface area contributed by atoms with E-state index < -0.39 is 0 Å². The first-order chi connectivity index (χ1) is 6.75. The predicted molar refractivity (Wildman–Crippen MR) is 52.7 cm³/mol. The molecule has 1 heterocycles. The summed E-state index contributed by atoms with van der Waals surface area (Å²) in [5.74, 6) is 0.485. The van der Waals surface area contributed by atoms with Gasteiger partial charge in [0.15, 0.2) is 0 Å². The largest absolute Gasteiger partial charge is 0.472 e. The minimum absolute atomic E-state index is 0.180. The van der Waals surface area contributed by atoms with Crippen molar-refractivity contribution < 1.29 is 9.21 Å². The van der Waals surface area contributed by atoms with E-state index in [1.54, 1.807) is 12.5 Å². The standard InChI is InChI=1S/C11H15NO2/c12-10-2-1-9(6-10)11(13)5-8-3-4-14-7-8/h3-4,7,9-10H,1-2,5-6,12H2. The lowest BCUT2D eigenvalue weighted by Gasteiger charge is -2.06. The zero-order valence-corrected chi connectivity index (χ0v) is 8.11. The lowest BCUT2D eigenvalue weighted by atomic mass is 9.97. The lowest BCUT2D eigenvalue weighted by Crippen LogP contribution is -2.18. The van der Waals surface area contributed by atoms with Gasteiger partial charge in [0.25, 0.3) is 0 Å².